The minimum atomic E-state index is -1.22. The van der Waals surface area contributed by atoms with Crippen molar-refractivity contribution < 1.29 is 24.2 Å². The van der Waals surface area contributed by atoms with Crippen LogP contribution in [0, 0.1) is 5.82 Å². The SMILES string of the molecule is O=C(O)Cc1cccc(-c2cc(F)cc(C(=O)O)c2)c1. The molecule has 0 fully saturated rings. The highest BCUT2D eigenvalue weighted by Crippen LogP contribution is 2.23. The fourth-order valence-corrected chi connectivity index (χ4v) is 1.92. The maximum absolute atomic E-state index is 13.4. The van der Waals surface area contributed by atoms with Gasteiger partial charge in [-0.3, -0.25) is 4.79 Å². The zero-order valence-electron chi connectivity index (χ0n) is 10.3. The number of aliphatic carboxylic acids is 1. The molecular formula is C15H11FO4. The van der Waals surface area contributed by atoms with Crippen LogP contribution in [0.4, 0.5) is 4.39 Å². The number of benzene rings is 2. The third-order valence-corrected chi connectivity index (χ3v) is 2.76. The summed E-state index contributed by atoms with van der Waals surface area (Å²) >= 11 is 0. The molecule has 0 spiro atoms. The summed E-state index contributed by atoms with van der Waals surface area (Å²) in [4.78, 5) is 21.6. The van der Waals surface area contributed by atoms with Crippen molar-refractivity contribution in [1.82, 2.24) is 0 Å². The molecule has 0 bridgehead atoms. The number of hydrogen-bond acceptors (Lipinski definition) is 2. The van der Waals surface area contributed by atoms with Crippen molar-refractivity contribution in [1.29, 1.82) is 0 Å². The lowest BCUT2D eigenvalue weighted by Gasteiger charge is -2.06. The molecular weight excluding hydrogens is 263 g/mol. The van der Waals surface area contributed by atoms with Crippen LogP contribution in [-0.4, -0.2) is 22.2 Å². The molecule has 0 aliphatic carbocycles. The first-order chi connectivity index (χ1) is 9.45. The van der Waals surface area contributed by atoms with Crippen LogP contribution in [-0.2, 0) is 11.2 Å². The monoisotopic (exact) mass is 274 g/mol. The van der Waals surface area contributed by atoms with Gasteiger partial charge in [-0.2, -0.15) is 0 Å². The van der Waals surface area contributed by atoms with Crippen LogP contribution < -0.4 is 0 Å². The number of carboxylic acid groups (broad SMARTS) is 2. The fourth-order valence-electron chi connectivity index (χ4n) is 1.92. The zero-order chi connectivity index (χ0) is 14.7. The first-order valence-electron chi connectivity index (χ1n) is 5.80. The molecule has 0 heterocycles. The Balaban J connectivity index is 2.45. The van der Waals surface area contributed by atoms with Crippen LogP contribution in [0.25, 0.3) is 11.1 Å². The quantitative estimate of drug-likeness (QED) is 0.899. The van der Waals surface area contributed by atoms with Gasteiger partial charge in [0, 0.05) is 0 Å². The van der Waals surface area contributed by atoms with Crippen molar-refractivity contribution in [2.45, 2.75) is 6.42 Å². The standard InChI is InChI=1S/C15H11FO4/c16-13-7-11(6-12(8-13)15(19)20)10-3-1-2-9(4-10)5-14(17)18/h1-4,6-8H,5H2,(H,17,18)(H,19,20). The van der Waals surface area contributed by atoms with E-state index in [0.717, 1.165) is 6.07 Å². The number of rotatable bonds is 4. The second-order valence-electron chi connectivity index (χ2n) is 4.30. The summed E-state index contributed by atoms with van der Waals surface area (Å²) in [5.41, 5.74) is 1.39. The summed E-state index contributed by atoms with van der Waals surface area (Å²) in [6.45, 7) is 0. The van der Waals surface area contributed by atoms with Gasteiger partial charge in [-0.05, 0) is 34.9 Å². The van der Waals surface area contributed by atoms with Gasteiger partial charge in [-0.15, -0.1) is 0 Å². The van der Waals surface area contributed by atoms with E-state index in [1.54, 1.807) is 24.3 Å². The third-order valence-electron chi connectivity index (χ3n) is 2.76. The van der Waals surface area contributed by atoms with Gasteiger partial charge >= 0.3 is 11.9 Å². The van der Waals surface area contributed by atoms with Crippen molar-refractivity contribution in [3.63, 3.8) is 0 Å². The molecule has 2 aromatic carbocycles. The molecule has 2 aromatic rings. The molecule has 0 aliphatic heterocycles. The Morgan fingerprint density at radius 3 is 2.40 bits per heavy atom. The Bertz CT molecular complexity index is 679. The lowest BCUT2D eigenvalue weighted by atomic mass is 10.00. The van der Waals surface area contributed by atoms with Crippen molar-refractivity contribution in [2.24, 2.45) is 0 Å². The minimum absolute atomic E-state index is 0.144. The van der Waals surface area contributed by atoms with Crippen LogP contribution in [0.3, 0.4) is 0 Å². The van der Waals surface area contributed by atoms with E-state index in [2.05, 4.69) is 0 Å². The van der Waals surface area contributed by atoms with Gasteiger partial charge in [0.25, 0.3) is 0 Å². The molecule has 0 aromatic heterocycles. The smallest absolute Gasteiger partial charge is 0.335 e. The third kappa shape index (κ3) is 3.20. The van der Waals surface area contributed by atoms with Crippen LogP contribution >= 0.6 is 0 Å². The van der Waals surface area contributed by atoms with Gasteiger partial charge in [-0.1, -0.05) is 24.3 Å². The molecule has 20 heavy (non-hydrogen) atoms. The number of hydrogen-bond donors (Lipinski definition) is 2. The fraction of sp³-hybridized carbons (Fsp3) is 0.0667. The van der Waals surface area contributed by atoms with Gasteiger partial charge in [0.2, 0.25) is 0 Å². The maximum atomic E-state index is 13.4. The predicted octanol–water partition coefficient (Wildman–Crippen LogP) is 2.82. The van der Waals surface area contributed by atoms with Gasteiger partial charge < -0.3 is 10.2 Å². The molecule has 4 nitrogen and oxygen atoms in total. The molecule has 0 saturated heterocycles. The molecule has 102 valence electrons. The van der Waals surface area contributed by atoms with E-state index in [1.807, 2.05) is 0 Å². The maximum Gasteiger partial charge on any atom is 0.335 e. The summed E-state index contributed by atoms with van der Waals surface area (Å²) in [6.07, 6.45) is -0.144. The first-order valence-corrected chi connectivity index (χ1v) is 5.80. The molecule has 2 rings (SSSR count). The highest BCUT2D eigenvalue weighted by atomic mass is 19.1. The highest BCUT2D eigenvalue weighted by Gasteiger charge is 2.09. The number of carbonyl (C=O) groups is 2. The second-order valence-corrected chi connectivity index (χ2v) is 4.30. The average Bonchev–Trinajstić information content (AvgIpc) is 2.37. The van der Waals surface area contributed by atoms with E-state index >= 15 is 0 Å². The Labute approximate surface area is 114 Å². The molecule has 0 saturated carbocycles. The van der Waals surface area contributed by atoms with Crippen LogP contribution in [0.5, 0.6) is 0 Å². The number of carboxylic acids is 2. The molecule has 5 heteroatoms. The summed E-state index contributed by atoms with van der Waals surface area (Å²) < 4.78 is 13.4. The molecule has 0 atom stereocenters. The van der Waals surface area contributed by atoms with E-state index < -0.39 is 17.8 Å². The molecule has 2 N–H and O–H groups in total. The van der Waals surface area contributed by atoms with Gasteiger partial charge in [0.15, 0.2) is 0 Å². The van der Waals surface area contributed by atoms with Crippen molar-refractivity contribution in [3.8, 4) is 11.1 Å². The average molecular weight is 274 g/mol. The van der Waals surface area contributed by atoms with Gasteiger partial charge in [0.05, 0.1) is 12.0 Å². The largest absolute Gasteiger partial charge is 0.481 e. The van der Waals surface area contributed by atoms with Crippen LogP contribution in [0.1, 0.15) is 15.9 Å². The summed E-state index contributed by atoms with van der Waals surface area (Å²) in [6, 6.07) is 10.1. The van der Waals surface area contributed by atoms with Crippen LogP contribution in [0.15, 0.2) is 42.5 Å². The van der Waals surface area contributed by atoms with Crippen molar-refractivity contribution in [2.75, 3.05) is 0 Å². The molecule has 0 unspecified atom stereocenters. The van der Waals surface area contributed by atoms with E-state index in [1.165, 1.54) is 12.1 Å². The van der Waals surface area contributed by atoms with Gasteiger partial charge in [-0.25, -0.2) is 9.18 Å². The topological polar surface area (TPSA) is 74.6 Å². The number of aromatic carboxylic acids is 1. The Kier molecular flexibility index (Phi) is 3.79. The molecule has 0 radical (unpaired) electrons. The first kappa shape index (κ1) is 13.7. The van der Waals surface area contributed by atoms with Crippen molar-refractivity contribution >= 4 is 11.9 Å². The Morgan fingerprint density at radius 1 is 1.00 bits per heavy atom. The lowest BCUT2D eigenvalue weighted by molar-refractivity contribution is -0.136. The second kappa shape index (κ2) is 5.52. The molecule has 0 amide bonds. The van der Waals surface area contributed by atoms with Crippen LogP contribution in [0.2, 0.25) is 0 Å². The van der Waals surface area contributed by atoms with Gasteiger partial charge in [0.1, 0.15) is 5.82 Å². The van der Waals surface area contributed by atoms with Crippen molar-refractivity contribution in [3.05, 3.63) is 59.4 Å². The Hall–Kier alpha value is -2.69. The number of halogens is 1. The minimum Gasteiger partial charge on any atom is -0.481 e. The Morgan fingerprint density at radius 2 is 1.75 bits per heavy atom. The highest BCUT2D eigenvalue weighted by molar-refractivity contribution is 5.89. The normalized spacial score (nSPS) is 10.2. The van der Waals surface area contributed by atoms with E-state index in [4.69, 9.17) is 10.2 Å². The van der Waals surface area contributed by atoms with E-state index in [-0.39, 0.29) is 12.0 Å². The summed E-state index contributed by atoms with van der Waals surface area (Å²) in [5.74, 6) is -2.83. The summed E-state index contributed by atoms with van der Waals surface area (Å²) in [5, 5.41) is 17.7. The lowest BCUT2D eigenvalue weighted by Crippen LogP contribution is -2.00. The summed E-state index contributed by atoms with van der Waals surface area (Å²) in [7, 11) is 0. The van der Waals surface area contributed by atoms with E-state index in [0.29, 0.717) is 16.7 Å². The predicted molar refractivity (Wildman–Crippen MR) is 70.1 cm³/mol. The molecule has 0 aliphatic rings. The van der Waals surface area contributed by atoms with E-state index in [9.17, 15) is 14.0 Å². The zero-order valence-corrected chi connectivity index (χ0v) is 10.3.